The van der Waals surface area contributed by atoms with Crippen molar-refractivity contribution in [3.63, 3.8) is 0 Å². The third-order valence-electron chi connectivity index (χ3n) is 4.10. The van der Waals surface area contributed by atoms with Gasteiger partial charge in [0.2, 0.25) is 10.7 Å². The Hall–Kier alpha value is -2.93. The average molecular weight is 367 g/mol. The molecule has 134 valence electrons. The number of carbonyl (C=O) groups excluding carboxylic acids is 1. The van der Waals surface area contributed by atoms with Crippen molar-refractivity contribution in [1.82, 2.24) is 14.5 Å². The minimum absolute atomic E-state index is 0.0387. The molecular formula is C19H21N5OS. The van der Waals surface area contributed by atoms with E-state index in [9.17, 15) is 4.79 Å². The van der Waals surface area contributed by atoms with Crippen LogP contribution in [0.2, 0.25) is 0 Å². The summed E-state index contributed by atoms with van der Waals surface area (Å²) in [7, 11) is 0. The maximum atomic E-state index is 12.5. The van der Waals surface area contributed by atoms with Crippen LogP contribution in [0.15, 0.2) is 48.5 Å². The van der Waals surface area contributed by atoms with Crippen LogP contribution in [0.1, 0.15) is 28.4 Å². The molecule has 0 fully saturated rings. The van der Waals surface area contributed by atoms with Gasteiger partial charge in [-0.2, -0.15) is 4.68 Å². The predicted molar refractivity (Wildman–Crippen MR) is 106 cm³/mol. The molecule has 0 saturated heterocycles. The number of nitrogens with one attached hydrogen (secondary N) is 1. The number of anilines is 2. The fourth-order valence-corrected chi connectivity index (χ4v) is 2.87. The first-order valence-electron chi connectivity index (χ1n) is 8.39. The van der Waals surface area contributed by atoms with Crippen LogP contribution in [-0.4, -0.2) is 20.2 Å². The SMILES string of the molecule is CCc1ccc(C(=O)Cn2nc(N)n(Nc3cccc(C)c3)c2=S)cc1. The minimum atomic E-state index is -0.0658. The number of carbonyl (C=O) groups is 1. The van der Waals surface area contributed by atoms with Crippen molar-refractivity contribution in [3.05, 3.63) is 70.0 Å². The standard InChI is InChI=1S/C19H21N5OS/c1-3-14-7-9-15(10-8-14)17(25)12-23-19(26)24(18(20)22-23)21-16-6-4-5-13(2)11-16/h4-11,21H,3,12H2,1-2H3,(H2,20,22). The molecule has 0 aliphatic carbocycles. The first kappa shape index (κ1) is 17.9. The number of Topliss-reactive ketones (excluding diaryl/α,β-unsaturated/α-hetero) is 1. The normalized spacial score (nSPS) is 10.7. The predicted octanol–water partition coefficient (Wildman–Crippen LogP) is 3.63. The molecule has 0 atom stereocenters. The van der Waals surface area contributed by atoms with E-state index in [0.717, 1.165) is 17.7 Å². The zero-order valence-electron chi connectivity index (χ0n) is 14.8. The number of ketones is 1. The molecule has 0 amide bonds. The second-order valence-corrected chi connectivity index (χ2v) is 6.45. The highest BCUT2D eigenvalue weighted by molar-refractivity contribution is 7.71. The molecule has 3 rings (SSSR count). The van der Waals surface area contributed by atoms with Gasteiger partial charge in [0.1, 0.15) is 6.54 Å². The Morgan fingerprint density at radius 2 is 1.96 bits per heavy atom. The number of hydrogen-bond acceptors (Lipinski definition) is 5. The fraction of sp³-hybridized carbons (Fsp3) is 0.211. The number of nitrogens with zero attached hydrogens (tertiary/aromatic N) is 3. The zero-order chi connectivity index (χ0) is 18.7. The van der Waals surface area contributed by atoms with Crippen molar-refractivity contribution < 1.29 is 4.79 Å². The molecule has 6 nitrogen and oxygen atoms in total. The van der Waals surface area contributed by atoms with E-state index >= 15 is 0 Å². The molecule has 7 heteroatoms. The second-order valence-electron chi connectivity index (χ2n) is 6.09. The molecule has 0 unspecified atom stereocenters. The van der Waals surface area contributed by atoms with Gasteiger partial charge in [0.15, 0.2) is 5.78 Å². The summed E-state index contributed by atoms with van der Waals surface area (Å²) in [5.74, 6) is 0.134. The summed E-state index contributed by atoms with van der Waals surface area (Å²) in [6, 6.07) is 15.4. The first-order chi connectivity index (χ1) is 12.5. The summed E-state index contributed by atoms with van der Waals surface area (Å²) in [6.07, 6.45) is 0.936. The molecule has 0 aliphatic heterocycles. The van der Waals surface area contributed by atoms with Crippen LogP contribution in [0.25, 0.3) is 0 Å². The van der Waals surface area contributed by atoms with E-state index in [1.807, 2.05) is 55.5 Å². The number of benzene rings is 2. The van der Waals surface area contributed by atoms with Gasteiger partial charge < -0.3 is 5.73 Å². The van der Waals surface area contributed by atoms with E-state index in [0.29, 0.717) is 10.3 Å². The Bertz CT molecular complexity index is 988. The van der Waals surface area contributed by atoms with Gasteiger partial charge in [0, 0.05) is 5.56 Å². The molecular weight excluding hydrogens is 346 g/mol. The third kappa shape index (κ3) is 3.83. The number of nitrogens with two attached hydrogens (primary N) is 1. The lowest BCUT2D eigenvalue weighted by Crippen LogP contribution is -2.14. The van der Waals surface area contributed by atoms with Crippen molar-refractivity contribution in [2.75, 3.05) is 11.2 Å². The largest absolute Gasteiger partial charge is 0.366 e. The lowest BCUT2D eigenvalue weighted by molar-refractivity contribution is 0.0967. The number of aromatic nitrogens is 3. The first-order valence-corrected chi connectivity index (χ1v) is 8.80. The van der Waals surface area contributed by atoms with Gasteiger partial charge in [0.25, 0.3) is 0 Å². The Morgan fingerprint density at radius 3 is 2.62 bits per heavy atom. The molecule has 0 aliphatic rings. The Balaban J connectivity index is 1.80. The summed E-state index contributed by atoms with van der Waals surface area (Å²) >= 11 is 5.42. The van der Waals surface area contributed by atoms with Crippen molar-refractivity contribution in [2.24, 2.45) is 0 Å². The number of hydrogen-bond donors (Lipinski definition) is 2. The maximum Gasteiger partial charge on any atom is 0.240 e. The molecule has 0 saturated carbocycles. The van der Waals surface area contributed by atoms with Crippen molar-refractivity contribution in [2.45, 2.75) is 26.8 Å². The van der Waals surface area contributed by atoms with Gasteiger partial charge >= 0.3 is 0 Å². The Kier molecular flexibility index (Phi) is 5.18. The molecule has 0 spiro atoms. The molecule has 3 N–H and O–H groups in total. The van der Waals surface area contributed by atoms with E-state index in [4.69, 9.17) is 18.0 Å². The van der Waals surface area contributed by atoms with E-state index in [1.165, 1.54) is 14.9 Å². The molecule has 2 aromatic carbocycles. The lowest BCUT2D eigenvalue weighted by atomic mass is 10.1. The highest BCUT2D eigenvalue weighted by Crippen LogP contribution is 2.13. The van der Waals surface area contributed by atoms with Gasteiger partial charge in [-0.1, -0.05) is 43.3 Å². The van der Waals surface area contributed by atoms with Crippen LogP contribution < -0.4 is 11.2 Å². The molecule has 26 heavy (non-hydrogen) atoms. The highest BCUT2D eigenvalue weighted by atomic mass is 32.1. The molecule has 3 aromatic rings. The summed E-state index contributed by atoms with van der Waals surface area (Å²) in [5.41, 5.74) is 12.9. The fourth-order valence-electron chi connectivity index (χ4n) is 2.63. The smallest absolute Gasteiger partial charge is 0.240 e. The number of rotatable bonds is 6. The monoisotopic (exact) mass is 367 g/mol. The van der Waals surface area contributed by atoms with Crippen molar-refractivity contribution >= 4 is 29.6 Å². The van der Waals surface area contributed by atoms with E-state index in [2.05, 4.69) is 17.4 Å². The average Bonchev–Trinajstić information content (AvgIpc) is 2.89. The van der Waals surface area contributed by atoms with E-state index in [-0.39, 0.29) is 18.3 Å². The number of aryl methyl sites for hydroxylation is 2. The quantitative estimate of drug-likeness (QED) is 0.514. The molecule has 1 aromatic heterocycles. The van der Waals surface area contributed by atoms with Crippen LogP contribution in [0.5, 0.6) is 0 Å². The van der Waals surface area contributed by atoms with Crippen LogP contribution in [-0.2, 0) is 13.0 Å². The van der Waals surface area contributed by atoms with E-state index < -0.39 is 0 Å². The third-order valence-corrected chi connectivity index (χ3v) is 4.49. The van der Waals surface area contributed by atoms with E-state index in [1.54, 1.807) is 0 Å². The second kappa shape index (κ2) is 7.53. The molecule has 0 bridgehead atoms. The topological polar surface area (TPSA) is 77.9 Å². The van der Waals surface area contributed by atoms with Gasteiger partial charge in [-0.05, 0) is 48.8 Å². The molecule has 1 heterocycles. The summed E-state index contributed by atoms with van der Waals surface area (Å²) < 4.78 is 3.27. The van der Waals surface area contributed by atoms with Crippen molar-refractivity contribution in [3.8, 4) is 0 Å². The minimum Gasteiger partial charge on any atom is -0.366 e. The van der Waals surface area contributed by atoms with Gasteiger partial charge in [-0.15, -0.1) is 5.10 Å². The van der Waals surface area contributed by atoms with Crippen LogP contribution in [0, 0.1) is 11.7 Å². The van der Waals surface area contributed by atoms with Crippen molar-refractivity contribution in [1.29, 1.82) is 0 Å². The Morgan fingerprint density at radius 1 is 1.23 bits per heavy atom. The van der Waals surface area contributed by atoms with Crippen LogP contribution in [0.3, 0.4) is 0 Å². The lowest BCUT2D eigenvalue weighted by Gasteiger charge is -2.08. The maximum absolute atomic E-state index is 12.5. The van der Waals surface area contributed by atoms with Gasteiger partial charge in [-0.25, -0.2) is 4.68 Å². The highest BCUT2D eigenvalue weighted by Gasteiger charge is 2.13. The van der Waals surface area contributed by atoms with Gasteiger partial charge in [0.05, 0.1) is 5.69 Å². The zero-order valence-corrected chi connectivity index (χ0v) is 15.6. The van der Waals surface area contributed by atoms with Crippen LogP contribution >= 0.6 is 12.2 Å². The number of nitrogen functional groups attached to an aromatic ring is 1. The van der Waals surface area contributed by atoms with Crippen LogP contribution in [0.4, 0.5) is 11.6 Å². The molecule has 0 radical (unpaired) electrons. The van der Waals surface area contributed by atoms with Gasteiger partial charge in [-0.3, -0.25) is 10.2 Å². The summed E-state index contributed by atoms with van der Waals surface area (Å²) in [5, 5.41) is 4.20. The Labute approximate surface area is 157 Å². The summed E-state index contributed by atoms with van der Waals surface area (Å²) in [6.45, 7) is 4.11. The summed E-state index contributed by atoms with van der Waals surface area (Å²) in [4.78, 5) is 12.5.